The summed E-state index contributed by atoms with van der Waals surface area (Å²) in [6, 6.07) is 16.9. The molecule has 174 valence electrons. The van der Waals surface area contributed by atoms with E-state index in [-0.39, 0.29) is 19.0 Å². The molecule has 3 rings (SSSR count). The van der Waals surface area contributed by atoms with Crippen molar-refractivity contribution in [2.24, 2.45) is 0 Å². The van der Waals surface area contributed by atoms with Gasteiger partial charge in [-0.1, -0.05) is 36.4 Å². The summed E-state index contributed by atoms with van der Waals surface area (Å²) in [6.45, 7) is 1.11. The average molecular weight is 475 g/mol. The van der Waals surface area contributed by atoms with Crippen molar-refractivity contribution in [3.05, 3.63) is 99.9 Å². The van der Waals surface area contributed by atoms with Gasteiger partial charge in [0.2, 0.25) is 0 Å². The van der Waals surface area contributed by atoms with Gasteiger partial charge in [-0.05, 0) is 48.4 Å². The van der Waals surface area contributed by atoms with Gasteiger partial charge in [-0.2, -0.15) is 4.31 Å². The lowest BCUT2D eigenvalue weighted by Gasteiger charge is -2.27. The van der Waals surface area contributed by atoms with Gasteiger partial charge in [0.15, 0.2) is 4.90 Å². The quantitative estimate of drug-likeness (QED) is 0.353. The third-order valence-electron chi connectivity index (χ3n) is 4.96. The van der Waals surface area contributed by atoms with E-state index < -0.39 is 38.2 Å². The van der Waals surface area contributed by atoms with Gasteiger partial charge in [-0.3, -0.25) is 10.1 Å². The lowest BCUT2D eigenvalue weighted by molar-refractivity contribution is -0.387. The van der Waals surface area contributed by atoms with E-state index in [1.54, 1.807) is 36.4 Å². The molecule has 0 aliphatic carbocycles. The van der Waals surface area contributed by atoms with E-state index in [9.17, 15) is 28.0 Å². The highest BCUT2D eigenvalue weighted by atomic mass is 32.2. The first-order chi connectivity index (χ1) is 15.7. The largest absolute Gasteiger partial charge is 0.489 e. The van der Waals surface area contributed by atoms with E-state index in [0.717, 1.165) is 10.4 Å². The van der Waals surface area contributed by atoms with Gasteiger partial charge in [0, 0.05) is 18.7 Å². The highest BCUT2D eigenvalue weighted by Crippen LogP contribution is 2.29. The number of nitro groups is 1. The number of aliphatic hydroxyl groups excluding tert-OH is 1. The van der Waals surface area contributed by atoms with E-state index in [4.69, 9.17) is 4.74 Å². The first-order valence-corrected chi connectivity index (χ1v) is 11.5. The lowest BCUT2D eigenvalue weighted by atomic mass is 10.2. The number of hydrogen-bond donors (Lipinski definition) is 1. The van der Waals surface area contributed by atoms with Crippen molar-refractivity contribution in [1.29, 1.82) is 0 Å². The molecular weight excluding hydrogens is 451 g/mol. The molecule has 1 N–H and O–H groups in total. The monoisotopic (exact) mass is 474 g/mol. The summed E-state index contributed by atoms with van der Waals surface area (Å²) in [6.07, 6.45) is 0. The fourth-order valence-corrected chi connectivity index (χ4v) is 4.96. The molecule has 0 saturated heterocycles. The van der Waals surface area contributed by atoms with E-state index in [2.05, 4.69) is 0 Å². The fourth-order valence-electron chi connectivity index (χ4n) is 3.19. The first kappa shape index (κ1) is 24.3. The van der Waals surface area contributed by atoms with Crippen LogP contribution in [0.5, 0.6) is 5.75 Å². The fraction of sp³-hybridized carbons (Fsp3) is 0.217. The normalized spacial score (nSPS) is 12.5. The topological polar surface area (TPSA) is 110 Å². The molecule has 0 aromatic heterocycles. The second kappa shape index (κ2) is 10.5. The highest BCUT2D eigenvalue weighted by molar-refractivity contribution is 7.89. The van der Waals surface area contributed by atoms with Crippen molar-refractivity contribution in [2.75, 3.05) is 6.61 Å². The second-order valence-corrected chi connectivity index (χ2v) is 9.23. The predicted octanol–water partition coefficient (Wildman–Crippen LogP) is 3.88. The summed E-state index contributed by atoms with van der Waals surface area (Å²) in [7, 11) is -4.28. The maximum absolute atomic E-state index is 13.3. The molecule has 0 bridgehead atoms. The number of ether oxygens (including phenoxy) is 1. The van der Waals surface area contributed by atoms with E-state index >= 15 is 0 Å². The number of halogens is 1. The number of nitro benzene ring substituents is 1. The highest BCUT2D eigenvalue weighted by Gasteiger charge is 2.34. The Kier molecular flexibility index (Phi) is 7.75. The van der Waals surface area contributed by atoms with Crippen LogP contribution in [-0.4, -0.2) is 35.4 Å². The zero-order valence-corrected chi connectivity index (χ0v) is 18.6. The molecule has 0 amide bonds. The van der Waals surface area contributed by atoms with Gasteiger partial charge in [0.1, 0.15) is 18.2 Å². The van der Waals surface area contributed by atoms with Crippen LogP contribution in [0, 0.1) is 15.9 Å². The summed E-state index contributed by atoms with van der Waals surface area (Å²) in [4.78, 5) is 10.2. The van der Waals surface area contributed by atoms with E-state index in [1.165, 1.54) is 37.3 Å². The maximum Gasteiger partial charge on any atom is 0.289 e. The van der Waals surface area contributed by atoms with Crippen LogP contribution in [0.1, 0.15) is 18.1 Å². The molecule has 0 aliphatic rings. The van der Waals surface area contributed by atoms with E-state index in [1.807, 2.05) is 0 Å². The molecule has 0 saturated carbocycles. The number of hydrogen-bond acceptors (Lipinski definition) is 6. The number of benzene rings is 3. The zero-order valence-electron chi connectivity index (χ0n) is 17.8. The van der Waals surface area contributed by atoms with Crippen molar-refractivity contribution in [1.82, 2.24) is 4.31 Å². The minimum atomic E-state index is -4.28. The van der Waals surface area contributed by atoms with Gasteiger partial charge in [-0.25, -0.2) is 12.8 Å². The van der Waals surface area contributed by atoms with Gasteiger partial charge < -0.3 is 9.84 Å². The Hall–Kier alpha value is -3.34. The number of aliphatic hydroxyl groups is 1. The maximum atomic E-state index is 13.3. The summed E-state index contributed by atoms with van der Waals surface area (Å²) >= 11 is 0. The molecule has 0 spiro atoms. The molecule has 0 fully saturated rings. The Bertz CT molecular complexity index is 1220. The average Bonchev–Trinajstić information content (AvgIpc) is 2.81. The third kappa shape index (κ3) is 5.92. The summed E-state index contributed by atoms with van der Waals surface area (Å²) in [5.74, 6) is 0.149. The Balaban J connectivity index is 1.80. The summed E-state index contributed by atoms with van der Waals surface area (Å²) in [5, 5.41) is 21.0. The van der Waals surface area contributed by atoms with Crippen molar-refractivity contribution in [3.63, 3.8) is 0 Å². The van der Waals surface area contributed by atoms with Crippen LogP contribution in [0.15, 0.2) is 77.7 Å². The Morgan fingerprint density at radius 2 is 1.76 bits per heavy atom. The van der Waals surface area contributed by atoms with Gasteiger partial charge in [-0.15, -0.1) is 0 Å². The van der Waals surface area contributed by atoms with Crippen molar-refractivity contribution < 1.29 is 27.6 Å². The van der Waals surface area contributed by atoms with Crippen molar-refractivity contribution in [3.8, 4) is 5.75 Å². The Morgan fingerprint density at radius 1 is 1.06 bits per heavy atom. The Morgan fingerprint density at radius 3 is 2.39 bits per heavy atom. The Labute approximate surface area is 191 Å². The van der Waals surface area contributed by atoms with Crippen molar-refractivity contribution in [2.45, 2.75) is 31.0 Å². The number of para-hydroxylation sites is 1. The molecule has 0 aliphatic heterocycles. The molecular formula is C23H23FN2O6S. The molecule has 0 radical (unpaired) electrons. The number of sulfonamides is 1. The van der Waals surface area contributed by atoms with Crippen LogP contribution in [0.25, 0.3) is 0 Å². The minimum Gasteiger partial charge on any atom is -0.489 e. The van der Waals surface area contributed by atoms with Crippen molar-refractivity contribution >= 4 is 15.7 Å². The predicted molar refractivity (Wildman–Crippen MR) is 120 cm³/mol. The van der Waals surface area contributed by atoms with Crippen LogP contribution in [-0.2, 0) is 23.2 Å². The van der Waals surface area contributed by atoms with Crippen LogP contribution < -0.4 is 4.74 Å². The van der Waals surface area contributed by atoms with Gasteiger partial charge in [0.25, 0.3) is 15.7 Å². The standard InChI is InChI=1S/C23H23FN2O6S/c1-17(15-27)25(33(30,31)23-8-3-2-7-22(23)26(28)29)14-18-9-11-21(12-10-18)32-16-19-5-4-6-20(24)13-19/h2-13,17,27H,14-16H2,1H3. The lowest BCUT2D eigenvalue weighted by Crippen LogP contribution is -2.40. The number of nitrogens with zero attached hydrogens (tertiary/aromatic N) is 2. The van der Waals surface area contributed by atoms with Gasteiger partial charge in [0.05, 0.1) is 11.5 Å². The first-order valence-electron chi connectivity index (χ1n) is 10.0. The molecule has 10 heteroatoms. The molecule has 8 nitrogen and oxygen atoms in total. The molecule has 1 unspecified atom stereocenters. The van der Waals surface area contributed by atoms with Crippen LogP contribution >= 0.6 is 0 Å². The van der Waals surface area contributed by atoms with E-state index in [0.29, 0.717) is 16.9 Å². The molecule has 33 heavy (non-hydrogen) atoms. The third-order valence-corrected chi connectivity index (χ3v) is 6.97. The zero-order chi connectivity index (χ0) is 24.0. The molecule has 1 atom stereocenters. The summed E-state index contributed by atoms with van der Waals surface area (Å²) < 4.78 is 46.5. The summed E-state index contributed by atoms with van der Waals surface area (Å²) in [5.41, 5.74) is 0.724. The second-order valence-electron chi connectivity index (χ2n) is 7.37. The smallest absolute Gasteiger partial charge is 0.289 e. The molecule has 0 heterocycles. The van der Waals surface area contributed by atoms with Crippen LogP contribution in [0.4, 0.5) is 10.1 Å². The minimum absolute atomic E-state index is 0.111. The molecule has 3 aromatic rings. The number of rotatable bonds is 10. The van der Waals surface area contributed by atoms with Gasteiger partial charge >= 0.3 is 0 Å². The SMILES string of the molecule is CC(CO)N(Cc1ccc(OCc2cccc(F)c2)cc1)S(=O)(=O)c1ccccc1[N+](=O)[O-]. The van der Waals surface area contributed by atoms with Crippen LogP contribution in [0.3, 0.4) is 0 Å². The molecule has 3 aromatic carbocycles. The van der Waals surface area contributed by atoms with Crippen LogP contribution in [0.2, 0.25) is 0 Å².